The third kappa shape index (κ3) is 0.881. The van der Waals surface area contributed by atoms with Gasteiger partial charge in [0.2, 0.25) is 0 Å². The van der Waals surface area contributed by atoms with Crippen LogP contribution in [-0.4, -0.2) is 11.7 Å². The Kier molecular flexibility index (Phi) is 0.969. The van der Waals surface area contributed by atoms with E-state index in [1.165, 1.54) is 11.7 Å². The molecule has 62 valence electrons. The largest absolute Gasteiger partial charge is 0.495 e. The van der Waals surface area contributed by atoms with Crippen LogP contribution in [0.3, 0.4) is 0 Å². The molecule has 0 aliphatic heterocycles. The Labute approximate surface area is 75.6 Å². The van der Waals surface area contributed by atoms with Gasteiger partial charge >= 0.3 is 0 Å². The molecule has 0 N–H and O–H groups in total. The SMILES string of the molecule is [2H]C([2H])([2H])n1ccc2cccc(OC)c21. The number of nitrogens with zero attached hydrogens (tertiary/aromatic N) is 1. The standard InChI is InChI=1S/C10H11NO/c1-11-7-6-8-4-3-5-9(12-2)10(8)11/h3-7H,1-2H3/i1D3. The Balaban J connectivity index is 2.77. The summed E-state index contributed by atoms with van der Waals surface area (Å²) in [6, 6.07) is 7.22. The fourth-order valence-electron chi connectivity index (χ4n) is 1.33. The highest BCUT2D eigenvalue weighted by molar-refractivity contribution is 5.85. The number of methoxy groups -OCH3 is 1. The van der Waals surface area contributed by atoms with Crippen LogP contribution < -0.4 is 4.74 Å². The molecule has 0 aliphatic rings. The van der Waals surface area contributed by atoms with Crippen LogP contribution in [0, 0.1) is 0 Å². The van der Waals surface area contributed by atoms with Crippen molar-refractivity contribution in [3.8, 4) is 5.75 Å². The van der Waals surface area contributed by atoms with Gasteiger partial charge in [-0.1, -0.05) is 12.1 Å². The number of hydrogen-bond donors (Lipinski definition) is 0. The van der Waals surface area contributed by atoms with E-state index in [1.807, 2.05) is 12.1 Å². The van der Waals surface area contributed by atoms with Gasteiger partial charge in [0.15, 0.2) is 0 Å². The van der Waals surface area contributed by atoms with Crippen molar-refractivity contribution in [1.29, 1.82) is 0 Å². The van der Waals surface area contributed by atoms with Crippen molar-refractivity contribution in [2.75, 3.05) is 7.11 Å². The zero-order chi connectivity index (χ0) is 11.1. The van der Waals surface area contributed by atoms with Gasteiger partial charge in [-0.25, -0.2) is 0 Å². The van der Waals surface area contributed by atoms with Crippen LogP contribution in [-0.2, 0) is 6.98 Å². The van der Waals surface area contributed by atoms with Gasteiger partial charge in [0.05, 0.1) is 12.6 Å². The fourth-order valence-corrected chi connectivity index (χ4v) is 1.33. The molecule has 0 fully saturated rings. The lowest BCUT2D eigenvalue weighted by Crippen LogP contribution is -1.89. The van der Waals surface area contributed by atoms with Gasteiger partial charge in [-0.3, -0.25) is 0 Å². The first-order valence-electron chi connectivity index (χ1n) is 5.18. The maximum absolute atomic E-state index is 7.38. The van der Waals surface area contributed by atoms with E-state index in [-0.39, 0.29) is 0 Å². The number of hydrogen-bond acceptors (Lipinski definition) is 1. The van der Waals surface area contributed by atoms with E-state index in [4.69, 9.17) is 8.85 Å². The monoisotopic (exact) mass is 164 g/mol. The van der Waals surface area contributed by atoms with Gasteiger partial charge in [0.1, 0.15) is 5.75 Å². The van der Waals surface area contributed by atoms with Crippen molar-refractivity contribution in [3.05, 3.63) is 30.5 Å². The molecule has 0 radical (unpaired) electrons. The molecule has 0 spiro atoms. The first kappa shape index (κ1) is 4.55. The summed E-state index contributed by atoms with van der Waals surface area (Å²) >= 11 is 0. The second-order valence-electron chi connectivity index (χ2n) is 2.58. The second-order valence-corrected chi connectivity index (χ2v) is 2.58. The van der Waals surface area contributed by atoms with Crippen molar-refractivity contribution < 1.29 is 8.85 Å². The van der Waals surface area contributed by atoms with Gasteiger partial charge in [-0.15, -0.1) is 0 Å². The molecular weight excluding hydrogens is 150 g/mol. The van der Waals surface area contributed by atoms with E-state index in [0.717, 1.165) is 5.39 Å². The zero-order valence-corrected chi connectivity index (χ0v) is 6.74. The number of para-hydroxylation sites is 1. The Morgan fingerprint density at radius 2 is 2.33 bits per heavy atom. The lowest BCUT2D eigenvalue weighted by Gasteiger charge is -2.03. The molecule has 2 rings (SSSR count). The maximum Gasteiger partial charge on any atom is 0.143 e. The van der Waals surface area contributed by atoms with Crippen molar-refractivity contribution >= 4 is 10.9 Å². The topological polar surface area (TPSA) is 14.2 Å². The lowest BCUT2D eigenvalue weighted by atomic mass is 10.2. The summed E-state index contributed by atoms with van der Waals surface area (Å²) in [4.78, 5) is 0. The lowest BCUT2D eigenvalue weighted by molar-refractivity contribution is 0.418. The number of ether oxygens (including phenoxy) is 1. The van der Waals surface area contributed by atoms with Crippen LogP contribution in [0.15, 0.2) is 30.5 Å². The minimum Gasteiger partial charge on any atom is -0.495 e. The minimum absolute atomic E-state index is 0.577. The smallest absolute Gasteiger partial charge is 0.143 e. The molecule has 1 heterocycles. The van der Waals surface area contributed by atoms with Crippen LogP contribution >= 0.6 is 0 Å². The molecule has 0 saturated heterocycles. The molecule has 1 aromatic carbocycles. The molecule has 2 nitrogen and oxygen atoms in total. The van der Waals surface area contributed by atoms with Crippen molar-refractivity contribution in [2.45, 2.75) is 0 Å². The molecule has 0 unspecified atom stereocenters. The third-order valence-electron chi connectivity index (χ3n) is 1.89. The van der Waals surface area contributed by atoms with Crippen LogP contribution in [0.1, 0.15) is 4.11 Å². The quantitative estimate of drug-likeness (QED) is 0.630. The van der Waals surface area contributed by atoms with Crippen LogP contribution in [0.25, 0.3) is 10.9 Å². The number of fused-ring (bicyclic) bond motifs is 1. The summed E-state index contributed by atoms with van der Waals surface area (Å²) < 4.78 is 28.6. The van der Waals surface area contributed by atoms with E-state index >= 15 is 0 Å². The maximum atomic E-state index is 7.38. The van der Waals surface area contributed by atoms with Crippen molar-refractivity contribution in [1.82, 2.24) is 4.57 Å². The summed E-state index contributed by atoms with van der Waals surface area (Å²) in [5.41, 5.74) is 0.611. The molecule has 1 aromatic heterocycles. The van der Waals surface area contributed by atoms with Gasteiger partial charge in [-0.05, 0) is 12.1 Å². The normalized spacial score (nSPS) is 15.2. The molecule has 12 heavy (non-hydrogen) atoms. The summed E-state index contributed by atoms with van der Waals surface area (Å²) in [7, 11) is 1.53. The Morgan fingerprint density at radius 1 is 1.42 bits per heavy atom. The molecule has 0 bridgehead atoms. The molecule has 0 atom stereocenters. The first-order chi connectivity index (χ1) is 7.04. The second kappa shape index (κ2) is 2.55. The van der Waals surface area contributed by atoms with Crippen LogP contribution in [0.2, 0.25) is 0 Å². The number of aromatic nitrogens is 1. The molecule has 0 aliphatic carbocycles. The van der Waals surface area contributed by atoms with E-state index in [9.17, 15) is 0 Å². The number of benzene rings is 1. The minimum atomic E-state index is -2.17. The van der Waals surface area contributed by atoms with Crippen molar-refractivity contribution in [2.24, 2.45) is 6.98 Å². The number of rotatable bonds is 1. The molecule has 2 heteroatoms. The summed E-state index contributed by atoms with van der Waals surface area (Å²) in [6.07, 6.45) is 1.56. The predicted molar refractivity (Wildman–Crippen MR) is 49.5 cm³/mol. The zero-order valence-electron chi connectivity index (χ0n) is 9.74. The summed E-state index contributed by atoms with van der Waals surface area (Å²) in [5, 5.41) is 0.866. The molecule has 2 aromatic rings. The van der Waals surface area contributed by atoms with Gasteiger partial charge in [0.25, 0.3) is 0 Å². The van der Waals surface area contributed by atoms with Crippen LogP contribution in [0.4, 0.5) is 0 Å². The molecule has 0 amide bonds. The highest BCUT2D eigenvalue weighted by atomic mass is 16.5. The van der Waals surface area contributed by atoms with E-state index in [0.29, 0.717) is 11.3 Å². The molecule has 0 saturated carbocycles. The average Bonchev–Trinajstić information content (AvgIpc) is 2.59. The van der Waals surface area contributed by atoms with E-state index < -0.39 is 6.98 Å². The van der Waals surface area contributed by atoms with Gasteiger partial charge < -0.3 is 9.30 Å². The number of aryl methyl sites for hydroxylation is 1. The fraction of sp³-hybridized carbons (Fsp3) is 0.200. The van der Waals surface area contributed by atoms with E-state index in [2.05, 4.69) is 0 Å². The Hall–Kier alpha value is -1.44. The Bertz CT molecular complexity index is 487. The van der Waals surface area contributed by atoms with Gasteiger partial charge in [0, 0.05) is 22.7 Å². The van der Waals surface area contributed by atoms with Crippen molar-refractivity contribution in [3.63, 3.8) is 0 Å². The Morgan fingerprint density at radius 3 is 3.08 bits per heavy atom. The third-order valence-corrected chi connectivity index (χ3v) is 1.89. The predicted octanol–water partition coefficient (Wildman–Crippen LogP) is 2.19. The summed E-state index contributed by atoms with van der Waals surface area (Å²) in [5.74, 6) is 0.577. The highest BCUT2D eigenvalue weighted by Crippen LogP contribution is 2.24. The molecular formula is C10H11NO. The van der Waals surface area contributed by atoms with Gasteiger partial charge in [-0.2, -0.15) is 0 Å². The van der Waals surface area contributed by atoms with E-state index in [1.54, 1.807) is 18.3 Å². The summed E-state index contributed by atoms with van der Waals surface area (Å²) in [6.45, 7) is -2.17. The first-order valence-corrected chi connectivity index (χ1v) is 3.68. The highest BCUT2D eigenvalue weighted by Gasteiger charge is 2.02. The van der Waals surface area contributed by atoms with Crippen LogP contribution in [0.5, 0.6) is 5.75 Å². The average molecular weight is 164 g/mol.